The average molecular weight is 333 g/mol. The van der Waals surface area contributed by atoms with Gasteiger partial charge in [0, 0.05) is 0 Å². The first-order valence-electron chi connectivity index (χ1n) is 8.42. The molecule has 126 valence electrons. The molecule has 0 spiro atoms. The Bertz CT molecular complexity index is 926. The molecular weight excluding hydrogens is 314 g/mol. The van der Waals surface area contributed by atoms with Gasteiger partial charge in [-0.25, -0.2) is 4.98 Å². The molecule has 1 aliphatic carbocycles. The lowest BCUT2D eigenvalue weighted by atomic mass is 10.1. The van der Waals surface area contributed by atoms with E-state index >= 15 is 0 Å². The van der Waals surface area contributed by atoms with Crippen LogP contribution >= 0.6 is 0 Å². The Morgan fingerprint density at radius 3 is 2.80 bits per heavy atom. The zero-order valence-electron chi connectivity index (χ0n) is 14.2. The van der Waals surface area contributed by atoms with Crippen molar-refractivity contribution in [3.8, 4) is 11.3 Å². The van der Waals surface area contributed by atoms with E-state index in [1.54, 1.807) is 6.07 Å². The zero-order chi connectivity index (χ0) is 17.4. The van der Waals surface area contributed by atoms with Crippen molar-refractivity contribution in [1.29, 1.82) is 0 Å². The third kappa shape index (κ3) is 2.82. The summed E-state index contributed by atoms with van der Waals surface area (Å²) >= 11 is 0. The minimum Gasteiger partial charge on any atom is -0.361 e. The van der Waals surface area contributed by atoms with Crippen molar-refractivity contribution >= 4 is 5.91 Å². The van der Waals surface area contributed by atoms with Crippen LogP contribution in [0, 0.1) is 13.8 Å². The molecule has 25 heavy (non-hydrogen) atoms. The molecule has 1 atom stereocenters. The predicted octanol–water partition coefficient (Wildman–Crippen LogP) is 3.77. The third-order valence-corrected chi connectivity index (χ3v) is 4.71. The maximum absolute atomic E-state index is 12.7. The molecule has 3 aromatic rings. The lowest BCUT2D eigenvalue weighted by Gasteiger charge is -2.14. The molecule has 1 N–H and O–H groups in total. The van der Waals surface area contributed by atoms with Crippen LogP contribution in [0.1, 0.15) is 45.5 Å². The number of fused-ring (bicyclic) bond motifs is 1. The minimum atomic E-state index is -0.157. The molecule has 0 radical (unpaired) electrons. The molecule has 0 fully saturated rings. The fourth-order valence-corrected chi connectivity index (χ4v) is 3.49. The molecule has 1 aromatic carbocycles. The van der Waals surface area contributed by atoms with Crippen molar-refractivity contribution in [2.75, 3.05) is 0 Å². The van der Waals surface area contributed by atoms with E-state index in [9.17, 15) is 4.79 Å². The topological polar surface area (TPSA) is 68.0 Å². The molecular formula is C20H19N3O2. The van der Waals surface area contributed by atoms with Gasteiger partial charge in [-0.3, -0.25) is 4.79 Å². The van der Waals surface area contributed by atoms with Gasteiger partial charge in [0.25, 0.3) is 5.91 Å². The summed E-state index contributed by atoms with van der Waals surface area (Å²) in [5.41, 5.74) is 5.24. The van der Waals surface area contributed by atoms with E-state index in [1.807, 2.05) is 38.1 Å². The second kappa shape index (κ2) is 6.16. The van der Waals surface area contributed by atoms with Crippen LogP contribution < -0.4 is 5.32 Å². The number of hydrogen-bond acceptors (Lipinski definition) is 4. The predicted molar refractivity (Wildman–Crippen MR) is 94.2 cm³/mol. The maximum atomic E-state index is 12.7. The van der Waals surface area contributed by atoms with Crippen LogP contribution in [0.2, 0.25) is 0 Å². The highest BCUT2D eigenvalue weighted by molar-refractivity contribution is 5.93. The van der Waals surface area contributed by atoms with Crippen LogP contribution in [-0.4, -0.2) is 16.0 Å². The molecule has 1 aliphatic rings. The molecule has 5 heteroatoms. The van der Waals surface area contributed by atoms with Gasteiger partial charge >= 0.3 is 0 Å². The Morgan fingerprint density at radius 1 is 1.16 bits per heavy atom. The highest BCUT2D eigenvalue weighted by Crippen LogP contribution is 2.31. The third-order valence-electron chi connectivity index (χ3n) is 4.71. The Balaban J connectivity index is 1.59. The quantitative estimate of drug-likeness (QED) is 0.792. The molecule has 2 heterocycles. The number of aryl methyl sites for hydroxylation is 3. The molecule has 0 bridgehead atoms. The molecule has 0 aliphatic heterocycles. The van der Waals surface area contributed by atoms with Gasteiger partial charge in [-0.1, -0.05) is 35.5 Å². The number of rotatable bonds is 3. The highest BCUT2D eigenvalue weighted by Gasteiger charge is 2.24. The van der Waals surface area contributed by atoms with E-state index in [1.165, 1.54) is 11.1 Å². The summed E-state index contributed by atoms with van der Waals surface area (Å²) in [6.45, 7) is 3.72. The maximum Gasteiger partial charge on any atom is 0.270 e. The second-order valence-electron chi connectivity index (χ2n) is 6.37. The fraction of sp³-hybridized carbons (Fsp3) is 0.250. The smallest absolute Gasteiger partial charge is 0.270 e. The van der Waals surface area contributed by atoms with Crippen LogP contribution in [0.5, 0.6) is 0 Å². The first kappa shape index (κ1) is 15.6. The van der Waals surface area contributed by atoms with Crippen molar-refractivity contribution in [3.05, 3.63) is 70.7 Å². The van der Waals surface area contributed by atoms with Crippen LogP contribution in [0.4, 0.5) is 0 Å². The largest absolute Gasteiger partial charge is 0.361 e. The number of amides is 1. The molecule has 1 amide bonds. The SMILES string of the molecule is Cc1noc(C)c1-c1cccc(C(=O)NC2CCc3ccccc32)n1. The number of nitrogens with one attached hydrogen (secondary N) is 1. The lowest BCUT2D eigenvalue weighted by molar-refractivity contribution is 0.0932. The van der Waals surface area contributed by atoms with E-state index in [-0.39, 0.29) is 11.9 Å². The Labute approximate surface area is 146 Å². The standard InChI is InChI=1S/C20H19N3O2/c1-12-19(13(2)25-23-12)17-8-5-9-18(21-17)20(24)22-16-11-10-14-6-3-4-7-15(14)16/h3-9,16H,10-11H2,1-2H3,(H,22,24). The first-order chi connectivity index (χ1) is 12.1. The van der Waals surface area contributed by atoms with E-state index < -0.39 is 0 Å². The molecule has 4 rings (SSSR count). The van der Waals surface area contributed by atoms with Crippen molar-refractivity contribution in [3.63, 3.8) is 0 Å². The summed E-state index contributed by atoms with van der Waals surface area (Å²) in [6.07, 6.45) is 1.92. The van der Waals surface area contributed by atoms with E-state index in [4.69, 9.17) is 4.52 Å². The van der Waals surface area contributed by atoms with Crippen LogP contribution in [0.3, 0.4) is 0 Å². The van der Waals surface area contributed by atoms with Gasteiger partial charge in [-0.05, 0) is 49.9 Å². The number of hydrogen-bond donors (Lipinski definition) is 1. The summed E-state index contributed by atoms with van der Waals surface area (Å²) in [7, 11) is 0. The summed E-state index contributed by atoms with van der Waals surface area (Å²) in [5, 5.41) is 7.07. The number of nitrogens with zero attached hydrogens (tertiary/aromatic N) is 2. The Hall–Kier alpha value is -2.95. The first-order valence-corrected chi connectivity index (χ1v) is 8.42. The van der Waals surface area contributed by atoms with Crippen molar-refractivity contribution in [1.82, 2.24) is 15.5 Å². The molecule has 0 saturated heterocycles. The van der Waals surface area contributed by atoms with Gasteiger partial charge in [0.15, 0.2) is 0 Å². The normalized spacial score (nSPS) is 15.8. The number of carbonyl (C=O) groups is 1. The van der Waals surface area contributed by atoms with Gasteiger partial charge in [0.05, 0.1) is 23.0 Å². The van der Waals surface area contributed by atoms with Crippen LogP contribution in [0.15, 0.2) is 47.0 Å². The fourth-order valence-electron chi connectivity index (χ4n) is 3.49. The number of pyridine rings is 1. The van der Waals surface area contributed by atoms with Crippen molar-refractivity contribution < 1.29 is 9.32 Å². The molecule has 5 nitrogen and oxygen atoms in total. The highest BCUT2D eigenvalue weighted by atomic mass is 16.5. The minimum absolute atomic E-state index is 0.0493. The second-order valence-corrected chi connectivity index (χ2v) is 6.37. The monoisotopic (exact) mass is 333 g/mol. The Kier molecular flexibility index (Phi) is 3.84. The van der Waals surface area contributed by atoms with Gasteiger partial charge in [-0.15, -0.1) is 0 Å². The van der Waals surface area contributed by atoms with Gasteiger partial charge in [0.2, 0.25) is 0 Å². The summed E-state index contributed by atoms with van der Waals surface area (Å²) in [5.74, 6) is 0.544. The number of aromatic nitrogens is 2. The molecule has 2 aromatic heterocycles. The average Bonchev–Trinajstić information content (AvgIpc) is 3.18. The summed E-state index contributed by atoms with van der Waals surface area (Å²) in [6, 6.07) is 13.8. The number of benzene rings is 1. The Morgan fingerprint density at radius 2 is 2.00 bits per heavy atom. The van der Waals surface area contributed by atoms with Crippen molar-refractivity contribution in [2.45, 2.75) is 32.7 Å². The summed E-state index contributed by atoms with van der Waals surface area (Å²) in [4.78, 5) is 17.2. The number of carbonyl (C=O) groups excluding carboxylic acids is 1. The lowest BCUT2D eigenvalue weighted by Crippen LogP contribution is -2.28. The van der Waals surface area contributed by atoms with Gasteiger partial charge < -0.3 is 9.84 Å². The van der Waals surface area contributed by atoms with Crippen LogP contribution in [-0.2, 0) is 6.42 Å². The van der Waals surface area contributed by atoms with E-state index in [2.05, 4.69) is 27.6 Å². The zero-order valence-corrected chi connectivity index (χ0v) is 14.2. The summed E-state index contributed by atoms with van der Waals surface area (Å²) < 4.78 is 5.21. The molecule has 0 saturated carbocycles. The van der Waals surface area contributed by atoms with Crippen LogP contribution in [0.25, 0.3) is 11.3 Å². The van der Waals surface area contributed by atoms with Gasteiger partial charge in [0.1, 0.15) is 11.5 Å². The van der Waals surface area contributed by atoms with E-state index in [0.29, 0.717) is 17.1 Å². The molecule has 1 unspecified atom stereocenters. The van der Waals surface area contributed by atoms with Crippen molar-refractivity contribution in [2.24, 2.45) is 0 Å². The van der Waals surface area contributed by atoms with Gasteiger partial charge in [-0.2, -0.15) is 0 Å². The van der Waals surface area contributed by atoms with E-state index in [0.717, 1.165) is 24.1 Å².